The van der Waals surface area contributed by atoms with Gasteiger partial charge in [-0.15, -0.1) is 0 Å². The Balaban J connectivity index is 2.02. The number of benzene rings is 1. The molecule has 4 nitrogen and oxygen atoms in total. The third kappa shape index (κ3) is 2.06. The van der Waals surface area contributed by atoms with Crippen LogP contribution < -0.4 is 0 Å². The molecule has 102 valence electrons. The van der Waals surface area contributed by atoms with Gasteiger partial charge in [0.2, 0.25) is 0 Å². The largest absolute Gasteiger partial charge is 0.394 e. The van der Waals surface area contributed by atoms with E-state index >= 15 is 0 Å². The summed E-state index contributed by atoms with van der Waals surface area (Å²) < 4.78 is 7.77. The van der Waals surface area contributed by atoms with Crippen LogP contribution in [-0.4, -0.2) is 33.6 Å². The first kappa shape index (κ1) is 12.7. The van der Waals surface area contributed by atoms with Gasteiger partial charge in [-0.3, -0.25) is 0 Å². The summed E-state index contributed by atoms with van der Waals surface area (Å²) in [6.07, 6.45) is 1.23. The Kier molecular flexibility index (Phi) is 3.09. The summed E-state index contributed by atoms with van der Waals surface area (Å²) in [7, 11) is 0. The highest BCUT2D eigenvalue weighted by Crippen LogP contribution is 2.33. The maximum atomic E-state index is 9.84. The van der Waals surface area contributed by atoms with Gasteiger partial charge in [0.15, 0.2) is 0 Å². The number of fused-ring (bicyclic) bond motifs is 1. The fourth-order valence-electron chi connectivity index (χ4n) is 2.92. The van der Waals surface area contributed by atoms with E-state index in [9.17, 15) is 5.11 Å². The van der Waals surface area contributed by atoms with Gasteiger partial charge in [0.05, 0.1) is 18.2 Å². The Morgan fingerprint density at radius 1 is 1.37 bits per heavy atom. The molecule has 19 heavy (non-hydrogen) atoms. The second-order valence-corrected chi connectivity index (χ2v) is 5.35. The van der Waals surface area contributed by atoms with Crippen LogP contribution in [0.25, 0.3) is 10.9 Å². The van der Waals surface area contributed by atoms with Crippen LogP contribution in [0.4, 0.5) is 0 Å². The lowest BCUT2D eigenvalue weighted by Gasteiger charge is -2.15. The predicted octanol–water partition coefficient (Wildman–Crippen LogP) is 1.90. The standard InChI is InChI=1S/C15H19NO3/c1-9-5-10(2)11-3-4-16(12(11)6-9)15-7-13(18)14(8-17)19-15/h3-6,13-15,17-18H,7-8H2,1-2H3/t13-,14+,15+/m0/s1. The molecule has 0 amide bonds. The average Bonchev–Trinajstić information content (AvgIpc) is 2.92. The van der Waals surface area contributed by atoms with Crippen molar-refractivity contribution in [3.8, 4) is 0 Å². The Morgan fingerprint density at radius 2 is 2.16 bits per heavy atom. The van der Waals surface area contributed by atoms with Crippen molar-refractivity contribution in [1.82, 2.24) is 4.57 Å². The summed E-state index contributed by atoms with van der Waals surface area (Å²) >= 11 is 0. The summed E-state index contributed by atoms with van der Waals surface area (Å²) in [5.74, 6) is 0. The normalized spacial score (nSPS) is 27.3. The fraction of sp³-hybridized carbons (Fsp3) is 0.467. The summed E-state index contributed by atoms with van der Waals surface area (Å²) in [5, 5.41) is 20.2. The number of aliphatic hydroxyl groups is 2. The third-order valence-corrected chi connectivity index (χ3v) is 3.88. The molecule has 1 aromatic carbocycles. The van der Waals surface area contributed by atoms with E-state index in [1.807, 2.05) is 10.8 Å². The van der Waals surface area contributed by atoms with Gasteiger partial charge in [0.25, 0.3) is 0 Å². The quantitative estimate of drug-likeness (QED) is 0.868. The average molecular weight is 261 g/mol. The van der Waals surface area contributed by atoms with E-state index in [1.165, 1.54) is 16.5 Å². The first-order valence-corrected chi connectivity index (χ1v) is 6.62. The van der Waals surface area contributed by atoms with E-state index in [-0.39, 0.29) is 12.8 Å². The lowest BCUT2D eigenvalue weighted by atomic mass is 10.1. The van der Waals surface area contributed by atoms with Crippen molar-refractivity contribution in [2.75, 3.05) is 6.61 Å². The van der Waals surface area contributed by atoms with Gasteiger partial charge in [0.1, 0.15) is 12.3 Å². The molecule has 2 N–H and O–H groups in total. The zero-order valence-corrected chi connectivity index (χ0v) is 11.2. The molecule has 3 rings (SSSR count). The molecule has 1 aromatic heterocycles. The second kappa shape index (κ2) is 4.63. The maximum absolute atomic E-state index is 9.84. The van der Waals surface area contributed by atoms with Crippen LogP contribution in [0, 0.1) is 13.8 Å². The van der Waals surface area contributed by atoms with Crippen molar-refractivity contribution < 1.29 is 14.9 Å². The molecule has 2 heterocycles. The van der Waals surface area contributed by atoms with Crippen molar-refractivity contribution >= 4 is 10.9 Å². The summed E-state index contributed by atoms with van der Waals surface area (Å²) in [5.41, 5.74) is 3.57. The lowest BCUT2D eigenvalue weighted by molar-refractivity contribution is -0.0428. The fourth-order valence-corrected chi connectivity index (χ4v) is 2.92. The number of hydrogen-bond acceptors (Lipinski definition) is 3. The lowest BCUT2D eigenvalue weighted by Crippen LogP contribution is -2.24. The zero-order chi connectivity index (χ0) is 13.6. The van der Waals surface area contributed by atoms with Crippen LogP contribution in [0.2, 0.25) is 0 Å². The first-order chi connectivity index (χ1) is 9.10. The maximum Gasteiger partial charge on any atom is 0.137 e. The number of nitrogens with zero attached hydrogens (tertiary/aromatic N) is 1. The second-order valence-electron chi connectivity index (χ2n) is 5.35. The molecule has 1 aliphatic rings. The van der Waals surface area contributed by atoms with E-state index in [2.05, 4.69) is 32.0 Å². The van der Waals surface area contributed by atoms with Crippen molar-refractivity contribution in [2.24, 2.45) is 0 Å². The highest BCUT2D eigenvalue weighted by molar-refractivity contribution is 5.84. The molecule has 0 radical (unpaired) electrons. The Morgan fingerprint density at radius 3 is 2.84 bits per heavy atom. The van der Waals surface area contributed by atoms with Crippen LogP contribution in [0.5, 0.6) is 0 Å². The number of rotatable bonds is 2. The zero-order valence-electron chi connectivity index (χ0n) is 11.2. The van der Waals surface area contributed by atoms with Crippen LogP contribution in [0.15, 0.2) is 24.4 Å². The molecule has 0 unspecified atom stereocenters. The van der Waals surface area contributed by atoms with Crippen molar-refractivity contribution in [1.29, 1.82) is 0 Å². The Bertz CT molecular complexity index is 605. The van der Waals surface area contributed by atoms with E-state index in [1.54, 1.807) is 0 Å². The minimum absolute atomic E-state index is 0.144. The van der Waals surface area contributed by atoms with Gasteiger partial charge in [-0.05, 0) is 37.1 Å². The molecule has 1 fully saturated rings. The van der Waals surface area contributed by atoms with Crippen LogP contribution in [0.3, 0.4) is 0 Å². The van der Waals surface area contributed by atoms with E-state index in [0.717, 1.165) is 5.52 Å². The van der Waals surface area contributed by atoms with Crippen LogP contribution in [-0.2, 0) is 4.74 Å². The SMILES string of the molecule is Cc1cc(C)c2ccn([C@H]3C[C@H](O)[C@@H](CO)O3)c2c1. The van der Waals surface area contributed by atoms with Gasteiger partial charge in [-0.1, -0.05) is 6.07 Å². The Labute approximate surface area is 112 Å². The number of hydrogen-bond donors (Lipinski definition) is 2. The van der Waals surface area contributed by atoms with E-state index in [4.69, 9.17) is 9.84 Å². The highest BCUT2D eigenvalue weighted by atomic mass is 16.5. The minimum atomic E-state index is -0.599. The van der Waals surface area contributed by atoms with Crippen molar-refractivity contribution in [3.05, 3.63) is 35.5 Å². The smallest absolute Gasteiger partial charge is 0.137 e. The van der Waals surface area contributed by atoms with Crippen LogP contribution in [0.1, 0.15) is 23.8 Å². The highest BCUT2D eigenvalue weighted by Gasteiger charge is 2.34. The third-order valence-electron chi connectivity index (χ3n) is 3.88. The molecule has 1 aliphatic heterocycles. The van der Waals surface area contributed by atoms with Crippen LogP contribution >= 0.6 is 0 Å². The number of aliphatic hydroxyl groups excluding tert-OH is 2. The minimum Gasteiger partial charge on any atom is -0.394 e. The molecule has 2 aromatic rings. The number of aryl methyl sites for hydroxylation is 2. The first-order valence-electron chi connectivity index (χ1n) is 6.62. The topological polar surface area (TPSA) is 54.6 Å². The van der Waals surface area contributed by atoms with Gasteiger partial charge >= 0.3 is 0 Å². The molecule has 1 saturated heterocycles. The summed E-state index contributed by atoms with van der Waals surface area (Å²) in [6.45, 7) is 4.03. The molecule has 0 spiro atoms. The number of aromatic nitrogens is 1. The number of ether oxygens (including phenoxy) is 1. The molecule has 0 bridgehead atoms. The van der Waals surface area contributed by atoms with E-state index in [0.29, 0.717) is 6.42 Å². The molecule has 4 heteroatoms. The van der Waals surface area contributed by atoms with Gasteiger partial charge < -0.3 is 19.5 Å². The van der Waals surface area contributed by atoms with Crippen molar-refractivity contribution in [2.45, 2.75) is 38.7 Å². The summed E-state index contributed by atoms with van der Waals surface area (Å²) in [6, 6.07) is 6.37. The molecular weight excluding hydrogens is 242 g/mol. The molecule has 0 saturated carbocycles. The predicted molar refractivity (Wildman–Crippen MR) is 73.0 cm³/mol. The van der Waals surface area contributed by atoms with E-state index < -0.39 is 12.2 Å². The van der Waals surface area contributed by atoms with Crippen molar-refractivity contribution in [3.63, 3.8) is 0 Å². The molecular formula is C15H19NO3. The molecule has 3 atom stereocenters. The summed E-state index contributed by atoms with van der Waals surface area (Å²) in [4.78, 5) is 0. The Hall–Kier alpha value is -1.36. The molecule has 0 aliphatic carbocycles. The van der Waals surface area contributed by atoms with Gasteiger partial charge in [-0.2, -0.15) is 0 Å². The monoisotopic (exact) mass is 261 g/mol. The van der Waals surface area contributed by atoms with Gasteiger partial charge in [0, 0.05) is 18.0 Å². The van der Waals surface area contributed by atoms with Gasteiger partial charge in [-0.25, -0.2) is 0 Å².